The number of rotatable bonds is 6. The maximum atomic E-state index is 14.5. The highest BCUT2D eigenvalue weighted by molar-refractivity contribution is 7.92. The summed E-state index contributed by atoms with van der Waals surface area (Å²) in [6, 6.07) is 16.9. The minimum Gasteiger partial charge on any atom is -0.481 e. The molecule has 0 aliphatic carbocycles. The summed E-state index contributed by atoms with van der Waals surface area (Å²) in [5.41, 5.74) is 4.80. The number of carboxylic acid groups (broad SMARTS) is 1. The number of aryl methyl sites for hydroxylation is 2. The van der Waals surface area contributed by atoms with Gasteiger partial charge in [0.25, 0.3) is 15.9 Å². The van der Waals surface area contributed by atoms with Gasteiger partial charge in [-0.15, -0.1) is 0 Å². The second kappa shape index (κ2) is 14.3. The lowest BCUT2D eigenvalue weighted by Gasteiger charge is -2.36. The van der Waals surface area contributed by atoms with Gasteiger partial charge in [0.05, 0.1) is 46.7 Å². The molecule has 12 nitrogen and oxygen atoms in total. The van der Waals surface area contributed by atoms with Crippen molar-refractivity contribution in [1.29, 1.82) is 0 Å². The highest BCUT2D eigenvalue weighted by Gasteiger charge is 2.32. The van der Waals surface area contributed by atoms with E-state index in [9.17, 15) is 23.1 Å². The molecule has 1 saturated heterocycles. The number of carbonyl (C=O) groups excluding carboxylic acids is 1. The van der Waals surface area contributed by atoms with Crippen LogP contribution in [0.5, 0.6) is 5.88 Å². The summed E-state index contributed by atoms with van der Waals surface area (Å²) in [4.78, 5) is 43.4. The van der Waals surface area contributed by atoms with E-state index in [0.29, 0.717) is 43.7 Å². The normalized spacial score (nSPS) is 18.1. The maximum Gasteiger partial charge on any atom is 0.306 e. The van der Waals surface area contributed by atoms with Crippen molar-refractivity contribution in [1.82, 2.24) is 19.9 Å². The number of hydrogen-bond donors (Lipinski definition) is 2. The summed E-state index contributed by atoms with van der Waals surface area (Å²) in [5.74, 6) is -1.42. The van der Waals surface area contributed by atoms with Crippen LogP contribution in [0.1, 0.15) is 67.2 Å². The largest absolute Gasteiger partial charge is 0.481 e. The van der Waals surface area contributed by atoms with Crippen LogP contribution in [-0.2, 0) is 21.4 Å². The van der Waals surface area contributed by atoms with E-state index in [0.717, 1.165) is 22.4 Å². The van der Waals surface area contributed by atoms with Crippen molar-refractivity contribution in [3.05, 3.63) is 89.2 Å². The molecule has 2 aliphatic heterocycles. The summed E-state index contributed by atoms with van der Waals surface area (Å²) < 4.78 is 36.3. The molecule has 1 amide bonds. The van der Waals surface area contributed by atoms with Crippen LogP contribution in [0.3, 0.4) is 0 Å². The van der Waals surface area contributed by atoms with Crippen LogP contribution < -0.4 is 14.4 Å². The Balaban J connectivity index is 1.39. The lowest BCUT2D eigenvalue weighted by molar-refractivity contribution is -0.142. The summed E-state index contributed by atoms with van der Waals surface area (Å²) in [6.07, 6.45) is 3.45. The number of nitrogens with zero attached hydrogens (tertiary/aromatic N) is 5. The van der Waals surface area contributed by atoms with Gasteiger partial charge in [-0.25, -0.2) is 18.1 Å². The fourth-order valence-electron chi connectivity index (χ4n) is 6.80. The van der Waals surface area contributed by atoms with Gasteiger partial charge in [0.1, 0.15) is 6.61 Å². The van der Waals surface area contributed by atoms with Crippen LogP contribution in [0.25, 0.3) is 11.3 Å². The molecule has 6 rings (SSSR count). The number of carboxylic acids is 1. The third kappa shape index (κ3) is 8.30. The minimum absolute atomic E-state index is 0.0781. The fraction of sp³-hybridized carbons (Fsp3) is 0.395. The van der Waals surface area contributed by atoms with Crippen molar-refractivity contribution in [2.45, 2.75) is 71.4 Å². The number of hydrogen-bond acceptors (Lipinski definition) is 9. The van der Waals surface area contributed by atoms with Crippen molar-refractivity contribution in [2.24, 2.45) is 11.3 Å². The Morgan fingerprint density at radius 1 is 1.00 bits per heavy atom. The monoisotopic (exact) mass is 712 g/mol. The second-order valence-corrected chi connectivity index (χ2v) is 16.3. The topological polar surface area (TPSA) is 155 Å². The molecular formula is C38H44N6O6S. The van der Waals surface area contributed by atoms with Crippen molar-refractivity contribution >= 4 is 33.5 Å². The van der Waals surface area contributed by atoms with E-state index < -0.39 is 22.0 Å². The molecule has 4 bridgehead atoms. The first kappa shape index (κ1) is 35.8. The Morgan fingerprint density at radius 2 is 1.71 bits per heavy atom. The standard InChI is InChI=1S/C38H44N6O6S/c1-24-8-6-9-25(2)34(24)32-19-33-41-37(40-32)42-51(48,49)31-11-7-10-27(18-31)35(45)44(30(23-50-33)20-38(3,4)5)22-28-12-13-29(21-39-28)43-16-14-26(15-17-43)36(46)47/h6-13,18-19,21,26,30H,14-17,20,22-23H2,1-5H3,(H,46,47)(H,40,41,42)/t30-/m1/s1. The van der Waals surface area contributed by atoms with Crippen LogP contribution in [0, 0.1) is 25.2 Å². The number of piperidine rings is 1. The lowest BCUT2D eigenvalue weighted by Crippen LogP contribution is -2.45. The number of carbonyl (C=O) groups is 2. The zero-order valence-corrected chi connectivity index (χ0v) is 30.4. The first-order chi connectivity index (χ1) is 24.2. The Kier molecular flexibility index (Phi) is 10.0. The van der Waals surface area contributed by atoms with Crippen molar-refractivity contribution in [3.63, 3.8) is 0 Å². The van der Waals surface area contributed by atoms with E-state index >= 15 is 0 Å². The van der Waals surface area contributed by atoms with Crippen molar-refractivity contribution in [3.8, 4) is 17.1 Å². The van der Waals surface area contributed by atoms with Gasteiger partial charge in [0.2, 0.25) is 11.8 Å². The summed E-state index contributed by atoms with van der Waals surface area (Å²) >= 11 is 0. The zero-order chi connectivity index (χ0) is 36.5. The van der Waals surface area contributed by atoms with Gasteiger partial charge in [-0.3, -0.25) is 14.6 Å². The number of amides is 1. The Labute approximate surface area is 299 Å². The van der Waals surface area contributed by atoms with Crippen LogP contribution in [-0.4, -0.2) is 71.0 Å². The molecule has 1 atom stereocenters. The Bertz CT molecular complexity index is 2020. The lowest BCUT2D eigenvalue weighted by atomic mass is 9.87. The quantitative estimate of drug-likeness (QED) is 0.240. The molecule has 13 heteroatoms. The summed E-state index contributed by atoms with van der Waals surface area (Å²) in [5, 5.41) is 9.39. The molecule has 51 heavy (non-hydrogen) atoms. The van der Waals surface area contributed by atoms with Gasteiger partial charge in [0.15, 0.2) is 0 Å². The SMILES string of the molecule is Cc1cccc(C)c1-c1cc2nc(n1)NS(=O)(=O)c1cccc(c1)C(=O)N(Cc1ccc(N3CCC(C(=O)O)CC3)cn1)[C@H](CC(C)(C)C)CO2. The number of aromatic nitrogens is 3. The second-order valence-electron chi connectivity index (χ2n) is 14.6. The number of benzene rings is 2. The van der Waals surface area contributed by atoms with Crippen LogP contribution >= 0.6 is 0 Å². The minimum atomic E-state index is -4.19. The Morgan fingerprint density at radius 3 is 2.35 bits per heavy atom. The Hall–Kier alpha value is -5.04. The predicted molar refractivity (Wildman–Crippen MR) is 194 cm³/mol. The molecule has 268 valence electrons. The predicted octanol–water partition coefficient (Wildman–Crippen LogP) is 6.10. The molecule has 0 saturated carbocycles. The molecule has 0 spiro atoms. The third-order valence-electron chi connectivity index (χ3n) is 9.38. The smallest absolute Gasteiger partial charge is 0.306 e. The van der Waals surface area contributed by atoms with Gasteiger partial charge in [0, 0.05) is 30.3 Å². The molecule has 2 aliphatic rings. The molecule has 2 aromatic heterocycles. The van der Waals surface area contributed by atoms with Gasteiger partial charge in [-0.05, 0) is 80.0 Å². The van der Waals surface area contributed by atoms with E-state index in [4.69, 9.17) is 9.72 Å². The number of aliphatic carboxylic acids is 1. The molecule has 2 aromatic carbocycles. The molecule has 4 heterocycles. The van der Waals surface area contributed by atoms with Gasteiger partial charge in [-0.1, -0.05) is 45.0 Å². The molecule has 0 unspecified atom stereocenters. The summed E-state index contributed by atoms with van der Waals surface area (Å²) in [6.45, 7) is 11.7. The van der Waals surface area contributed by atoms with E-state index in [1.165, 1.54) is 12.1 Å². The maximum absolute atomic E-state index is 14.5. The molecule has 4 aromatic rings. The molecule has 1 fully saturated rings. The number of ether oxygens (including phenoxy) is 1. The fourth-order valence-corrected chi connectivity index (χ4v) is 7.79. The highest BCUT2D eigenvalue weighted by Crippen LogP contribution is 2.32. The van der Waals surface area contributed by atoms with E-state index in [1.54, 1.807) is 29.3 Å². The van der Waals surface area contributed by atoms with Crippen LogP contribution in [0.4, 0.5) is 11.6 Å². The van der Waals surface area contributed by atoms with Gasteiger partial charge >= 0.3 is 5.97 Å². The van der Waals surface area contributed by atoms with E-state index in [-0.39, 0.29) is 52.7 Å². The average molecular weight is 713 g/mol. The summed E-state index contributed by atoms with van der Waals surface area (Å²) in [7, 11) is -4.19. The number of fused-ring (bicyclic) bond motifs is 4. The van der Waals surface area contributed by atoms with E-state index in [1.807, 2.05) is 44.2 Å². The number of nitrogens with one attached hydrogen (secondary N) is 1. The molecular weight excluding hydrogens is 669 g/mol. The zero-order valence-electron chi connectivity index (χ0n) is 29.6. The van der Waals surface area contributed by atoms with Gasteiger partial charge < -0.3 is 19.6 Å². The number of pyridine rings is 1. The average Bonchev–Trinajstić information content (AvgIpc) is 3.08. The third-order valence-corrected chi connectivity index (χ3v) is 10.7. The first-order valence-corrected chi connectivity index (χ1v) is 18.6. The van der Waals surface area contributed by atoms with Crippen LogP contribution in [0.15, 0.2) is 71.8 Å². The number of sulfonamides is 1. The first-order valence-electron chi connectivity index (χ1n) is 17.1. The number of anilines is 2. The molecule has 0 radical (unpaired) electrons. The van der Waals surface area contributed by atoms with Crippen molar-refractivity contribution in [2.75, 3.05) is 29.3 Å². The van der Waals surface area contributed by atoms with Crippen molar-refractivity contribution < 1.29 is 27.9 Å². The van der Waals surface area contributed by atoms with Crippen LogP contribution in [0.2, 0.25) is 0 Å². The highest BCUT2D eigenvalue weighted by atomic mass is 32.2. The van der Waals surface area contributed by atoms with Gasteiger partial charge in [-0.2, -0.15) is 4.98 Å². The molecule has 2 N–H and O–H groups in total. The van der Waals surface area contributed by atoms with E-state index in [2.05, 4.69) is 40.4 Å².